The first kappa shape index (κ1) is 24.8. The van der Waals surface area contributed by atoms with Gasteiger partial charge >= 0.3 is 12.6 Å². The lowest BCUT2D eigenvalue weighted by Gasteiger charge is -2.13. The lowest BCUT2D eigenvalue weighted by Crippen LogP contribution is -2.29. The number of benzene rings is 1. The van der Waals surface area contributed by atoms with Gasteiger partial charge in [0.15, 0.2) is 6.10 Å². The van der Waals surface area contributed by atoms with Crippen molar-refractivity contribution in [2.45, 2.75) is 47.3 Å². The Hall–Kier alpha value is -3.82. The van der Waals surface area contributed by atoms with Crippen LogP contribution in [0.3, 0.4) is 0 Å². The van der Waals surface area contributed by atoms with E-state index in [1.54, 1.807) is 57.5 Å². The average molecular weight is 473 g/mol. The van der Waals surface area contributed by atoms with Crippen LogP contribution in [0.4, 0.5) is 8.78 Å². The van der Waals surface area contributed by atoms with Crippen LogP contribution in [0.5, 0.6) is 5.75 Å². The molecule has 180 valence electrons. The van der Waals surface area contributed by atoms with Gasteiger partial charge in [0.2, 0.25) is 5.78 Å². The van der Waals surface area contributed by atoms with Crippen LogP contribution in [0.15, 0.2) is 30.3 Å². The molecule has 0 fully saturated rings. The molecule has 1 atom stereocenters. The van der Waals surface area contributed by atoms with Crippen LogP contribution in [-0.2, 0) is 16.6 Å². The zero-order valence-electron chi connectivity index (χ0n) is 19.7. The van der Waals surface area contributed by atoms with Crippen molar-refractivity contribution in [3.63, 3.8) is 0 Å². The molecule has 0 unspecified atom stereocenters. The van der Waals surface area contributed by atoms with Crippen LogP contribution < -0.4 is 4.74 Å². The van der Waals surface area contributed by atoms with Gasteiger partial charge in [0.25, 0.3) is 5.78 Å². The van der Waals surface area contributed by atoms with Crippen LogP contribution in [0, 0.1) is 27.7 Å². The fraction of sp³-hybridized carbons (Fsp3) is 0.333. The van der Waals surface area contributed by atoms with Crippen LogP contribution >= 0.6 is 0 Å². The molecule has 1 aromatic carbocycles. The van der Waals surface area contributed by atoms with Gasteiger partial charge in [-0.3, -0.25) is 14.3 Å². The van der Waals surface area contributed by atoms with Crippen molar-refractivity contribution in [2.24, 2.45) is 7.05 Å². The Morgan fingerprint density at radius 3 is 2.15 bits per heavy atom. The second-order valence-electron chi connectivity index (χ2n) is 7.90. The first-order valence-electron chi connectivity index (χ1n) is 10.5. The van der Waals surface area contributed by atoms with E-state index in [9.17, 15) is 23.2 Å². The Bertz CT molecular complexity index is 1260. The molecule has 0 spiro atoms. The fourth-order valence-corrected chi connectivity index (χ4v) is 3.88. The number of halogens is 2. The minimum absolute atomic E-state index is 0.0156. The number of carbonyl (C=O) groups excluding carboxylic acids is 3. The summed E-state index contributed by atoms with van der Waals surface area (Å²) in [4.78, 5) is 38.1. The molecule has 8 nitrogen and oxygen atoms in total. The third kappa shape index (κ3) is 4.75. The first-order chi connectivity index (χ1) is 15.9. The molecule has 0 N–H and O–H groups in total. The van der Waals surface area contributed by atoms with E-state index in [1.165, 1.54) is 23.7 Å². The summed E-state index contributed by atoms with van der Waals surface area (Å²) in [6.07, 6.45) is -1.20. The van der Waals surface area contributed by atoms with Crippen molar-refractivity contribution in [1.29, 1.82) is 0 Å². The second-order valence-corrected chi connectivity index (χ2v) is 7.90. The van der Waals surface area contributed by atoms with Gasteiger partial charge in [-0.05, 0) is 65.0 Å². The number of esters is 1. The summed E-state index contributed by atoms with van der Waals surface area (Å²) in [6, 6.07) is 7.63. The van der Waals surface area contributed by atoms with Crippen molar-refractivity contribution in [3.05, 3.63) is 64.2 Å². The number of hydrogen-bond donors (Lipinski definition) is 0. The van der Waals surface area contributed by atoms with Crippen LogP contribution in [0.25, 0.3) is 5.69 Å². The molecule has 34 heavy (non-hydrogen) atoms. The largest absolute Gasteiger partial charge is 0.448 e. The number of nitrogens with zero attached hydrogens (tertiary/aromatic N) is 3. The van der Waals surface area contributed by atoms with E-state index in [-0.39, 0.29) is 11.3 Å². The number of aromatic nitrogens is 3. The van der Waals surface area contributed by atoms with E-state index in [0.29, 0.717) is 34.0 Å². The van der Waals surface area contributed by atoms with Crippen molar-refractivity contribution >= 4 is 17.5 Å². The highest BCUT2D eigenvalue weighted by molar-refractivity contribution is 6.41. The summed E-state index contributed by atoms with van der Waals surface area (Å²) in [6.45, 7) is 5.25. The smallest absolute Gasteiger partial charge is 0.387 e. The molecular formula is C24H25F2N3O5. The fourth-order valence-electron chi connectivity index (χ4n) is 3.88. The summed E-state index contributed by atoms with van der Waals surface area (Å²) in [5, 5.41) is 4.12. The molecule has 0 aliphatic rings. The van der Waals surface area contributed by atoms with Gasteiger partial charge in [0.05, 0.1) is 11.3 Å². The molecule has 0 saturated heterocycles. The van der Waals surface area contributed by atoms with Crippen LogP contribution in [0.1, 0.15) is 50.4 Å². The predicted molar refractivity (Wildman–Crippen MR) is 119 cm³/mol. The summed E-state index contributed by atoms with van der Waals surface area (Å²) >= 11 is 0. The quantitative estimate of drug-likeness (QED) is 0.279. The average Bonchev–Trinajstić information content (AvgIpc) is 3.20. The maximum atomic E-state index is 13.0. The number of carbonyl (C=O) groups is 3. The minimum atomic E-state index is -2.92. The second kappa shape index (κ2) is 9.58. The molecule has 0 bridgehead atoms. The van der Waals surface area contributed by atoms with E-state index in [1.807, 2.05) is 0 Å². The van der Waals surface area contributed by atoms with Gasteiger partial charge in [-0.15, -0.1) is 0 Å². The number of hydrogen-bond acceptors (Lipinski definition) is 6. The number of alkyl halides is 2. The Morgan fingerprint density at radius 1 is 1.00 bits per heavy atom. The number of Topliss-reactive ketones (excluding diaryl/α,β-unsaturated/α-hetero) is 2. The maximum absolute atomic E-state index is 13.0. The molecule has 0 amide bonds. The molecule has 10 heteroatoms. The molecule has 3 rings (SSSR count). The Kier molecular flexibility index (Phi) is 6.99. The van der Waals surface area contributed by atoms with Crippen molar-refractivity contribution in [3.8, 4) is 11.4 Å². The lowest BCUT2D eigenvalue weighted by molar-refractivity contribution is -0.140. The van der Waals surface area contributed by atoms with E-state index >= 15 is 0 Å². The third-order valence-corrected chi connectivity index (χ3v) is 5.59. The first-order valence-corrected chi connectivity index (χ1v) is 10.5. The molecule has 3 aromatic rings. The van der Waals surface area contributed by atoms with E-state index in [2.05, 4.69) is 9.84 Å². The maximum Gasteiger partial charge on any atom is 0.387 e. The summed E-state index contributed by atoms with van der Waals surface area (Å²) in [5.41, 5.74) is 3.30. The number of ketones is 2. The van der Waals surface area contributed by atoms with Crippen molar-refractivity contribution in [1.82, 2.24) is 14.3 Å². The van der Waals surface area contributed by atoms with Gasteiger partial charge < -0.3 is 14.0 Å². The number of ether oxygens (including phenoxy) is 2. The van der Waals surface area contributed by atoms with Crippen LogP contribution in [0.2, 0.25) is 0 Å². The highest BCUT2D eigenvalue weighted by atomic mass is 19.3. The molecule has 2 heterocycles. The monoisotopic (exact) mass is 473 g/mol. The lowest BCUT2D eigenvalue weighted by atomic mass is 10.1. The standard InChI is InChI=1S/C24H25F2N3O5/c1-12-11-19(14(3)29(12)17-7-9-18(10-8-17)34-24(25)26)21(30)16(5)33-23(32)22(31)20-13(2)27-28(6)15(20)4/h7-11,16,24H,1-6H3/t16-/m1/s1. The van der Waals surface area contributed by atoms with E-state index in [4.69, 9.17) is 4.74 Å². The third-order valence-electron chi connectivity index (χ3n) is 5.59. The summed E-state index contributed by atoms with van der Waals surface area (Å²) < 4.78 is 37.6. The summed E-state index contributed by atoms with van der Waals surface area (Å²) in [5.74, 6) is -2.46. The van der Waals surface area contributed by atoms with Crippen LogP contribution in [-0.4, -0.2) is 44.6 Å². The van der Waals surface area contributed by atoms with Gasteiger partial charge in [-0.1, -0.05) is 0 Å². The number of rotatable bonds is 8. The SMILES string of the molecule is Cc1nn(C)c(C)c1C(=O)C(=O)O[C@H](C)C(=O)c1cc(C)n(-c2ccc(OC(F)F)cc2)c1C. The normalized spacial score (nSPS) is 12.0. The molecule has 0 aliphatic heterocycles. The van der Waals surface area contributed by atoms with Gasteiger partial charge in [0, 0.05) is 35.4 Å². The van der Waals surface area contributed by atoms with E-state index < -0.39 is 30.3 Å². The zero-order chi connectivity index (χ0) is 25.3. The molecule has 0 radical (unpaired) electrons. The Labute approximate surface area is 195 Å². The molecule has 2 aromatic heterocycles. The zero-order valence-corrected chi connectivity index (χ0v) is 19.7. The van der Waals surface area contributed by atoms with E-state index in [0.717, 1.165) is 0 Å². The van der Waals surface area contributed by atoms with Crippen molar-refractivity contribution in [2.75, 3.05) is 0 Å². The topological polar surface area (TPSA) is 92.4 Å². The van der Waals surface area contributed by atoms with Gasteiger partial charge in [0.1, 0.15) is 5.75 Å². The molecular weight excluding hydrogens is 448 g/mol. The number of aryl methyl sites for hydroxylation is 3. The van der Waals surface area contributed by atoms with Gasteiger partial charge in [-0.2, -0.15) is 13.9 Å². The van der Waals surface area contributed by atoms with Crippen molar-refractivity contribution < 1.29 is 32.6 Å². The molecule has 0 saturated carbocycles. The molecule has 0 aliphatic carbocycles. The highest BCUT2D eigenvalue weighted by Crippen LogP contribution is 2.25. The predicted octanol–water partition coefficient (Wildman–Crippen LogP) is 4.04. The van der Waals surface area contributed by atoms with Gasteiger partial charge in [-0.25, -0.2) is 4.79 Å². The Morgan fingerprint density at radius 2 is 1.62 bits per heavy atom. The highest BCUT2D eigenvalue weighted by Gasteiger charge is 2.30. The summed E-state index contributed by atoms with van der Waals surface area (Å²) in [7, 11) is 1.66. The minimum Gasteiger partial charge on any atom is -0.448 e. The Balaban J connectivity index is 1.79.